The molecule has 0 spiro atoms. The SMILES string of the molecule is CCN(C)C1=C=CC=C(N2CC(CNC(C)=O)OC2=O)C=C1F. The first kappa shape index (κ1) is 16.8. The van der Waals surface area contributed by atoms with Crippen LogP contribution in [-0.2, 0) is 9.53 Å². The molecule has 0 radical (unpaired) electrons. The molecule has 2 rings (SSSR count). The first-order valence-electron chi connectivity index (χ1n) is 7.40. The predicted octanol–water partition coefficient (Wildman–Crippen LogP) is 1.68. The van der Waals surface area contributed by atoms with E-state index in [4.69, 9.17) is 4.74 Å². The Labute approximate surface area is 134 Å². The predicted molar refractivity (Wildman–Crippen MR) is 82.8 cm³/mol. The van der Waals surface area contributed by atoms with Crippen LogP contribution in [0.1, 0.15) is 13.8 Å². The van der Waals surface area contributed by atoms with Crippen molar-refractivity contribution in [3.63, 3.8) is 0 Å². The fourth-order valence-electron chi connectivity index (χ4n) is 2.24. The Bertz CT molecular complexity index is 632. The minimum atomic E-state index is -0.559. The highest BCUT2D eigenvalue weighted by Gasteiger charge is 2.33. The molecule has 1 aliphatic heterocycles. The smallest absolute Gasteiger partial charge is 0.414 e. The maximum Gasteiger partial charge on any atom is 0.414 e. The first-order chi connectivity index (χ1) is 10.9. The molecule has 1 heterocycles. The van der Waals surface area contributed by atoms with Crippen molar-refractivity contribution in [3.05, 3.63) is 41.2 Å². The van der Waals surface area contributed by atoms with Crippen LogP contribution < -0.4 is 5.32 Å². The minimum absolute atomic E-state index is 0.196. The molecule has 1 fully saturated rings. The first-order valence-corrected chi connectivity index (χ1v) is 7.40. The molecule has 1 aliphatic carbocycles. The third-order valence-electron chi connectivity index (χ3n) is 3.60. The van der Waals surface area contributed by atoms with E-state index < -0.39 is 18.0 Å². The molecule has 0 aromatic rings. The molecule has 0 aromatic heterocycles. The van der Waals surface area contributed by atoms with E-state index in [2.05, 4.69) is 11.0 Å². The fourth-order valence-corrected chi connectivity index (χ4v) is 2.24. The van der Waals surface area contributed by atoms with E-state index in [-0.39, 0.29) is 19.0 Å². The van der Waals surface area contributed by atoms with Crippen LogP contribution in [0.15, 0.2) is 41.2 Å². The van der Waals surface area contributed by atoms with Crippen LogP contribution in [0.5, 0.6) is 0 Å². The number of amides is 2. The van der Waals surface area contributed by atoms with E-state index in [9.17, 15) is 14.0 Å². The van der Waals surface area contributed by atoms with Crippen LogP contribution >= 0.6 is 0 Å². The van der Waals surface area contributed by atoms with Crippen molar-refractivity contribution in [1.82, 2.24) is 15.1 Å². The quantitative estimate of drug-likeness (QED) is 0.783. The van der Waals surface area contributed by atoms with Gasteiger partial charge in [0.1, 0.15) is 11.8 Å². The Morgan fingerprint density at radius 2 is 2.35 bits per heavy atom. The number of likely N-dealkylation sites (N-methyl/N-ethyl adjacent to an activating group) is 1. The summed E-state index contributed by atoms with van der Waals surface area (Å²) in [7, 11) is 1.77. The van der Waals surface area contributed by atoms with Crippen LogP contribution in [0.4, 0.5) is 9.18 Å². The van der Waals surface area contributed by atoms with Gasteiger partial charge in [0.05, 0.1) is 18.8 Å². The Kier molecular flexibility index (Phi) is 5.24. The summed E-state index contributed by atoms with van der Waals surface area (Å²) in [6.45, 7) is 4.42. The van der Waals surface area contributed by atoms with Gasteiger partial charge >= 0.3 is 6.09 Å². The van der Waals surface area contributed by atoms with E-state index in [1.807, 2.05) is 6.92 Å². The molecule has 6 nitrogen and oxygen atoms in total. The highest BCUT2D eigenvalue weighted by atomic mass is 19.1. The molecule has 2 amide bonds. The van der Waals surface area contributed by atoms with Crippen molar-refractivity contribution >= 4 is 12.0 Å². The van der Waals surface area contributed by atoms with Gasteiger partial charge in [0, 0.05) is 26.6 Å². The van der Waals surface area contributed by atoms with Crippen LogP contribution in [0.25, 0.3) is 0 Å². The number of carbonyl (C=O) groups excluding carboxylic acids is 2. The van der Waals surface area contributed by atoms with Gasteiger partial charge in [-0.3, -0.25) is 9.69 Å². The number of hydrogen-bond donors (Lipinski definition) is 1. The molecule has 1 N–H and O–H groups in total. The van der Waals surface area contributed by atoms with Crippen molar-refractivity contribution in [2.75, 3.05) is 26.7 Å². The minimum Gasteiger partial charge on any atom is -0.442 e. The number of allylic oxidation sites excluding steroid dienone is 3. The summed E-state index contributed by atoms with van der Waals surface area (Å²) in [5, 5.41) is 2.60. The highest BCUT2D eigenvalue weighted by Crippen LogP contribution is 2.24. The fraction of sp³-hybridized carbons (Fsp3) is 0.438. The summed E-state index contributed by atoms with van der Waals surface area (Å²) < 4.78 is 19.5. The van der Waals surface area contributed by atoms with Crippen molar-refractivity contribution in [3.8, 4) is 0 Å². The maximum absolute atomic E-state index is 14.4. The molecule has 1 saturated heterocycles. The maximum atomic E-state index is 14.4. The van der Waals surface area contributed by atoms with Crippen molar-refractivity contribution < 1.29 is 18.7 Å². The van der Waals surface area contributed by atoms with Crippen LogP contribution in [0.2, 0.25) is 0 Å². The zero-order valence-corrected chi connectivity index (χ0v) is 13.4. The number of nitrogens with zero attached hydrogens (tertiary/aromatic N) is 2. The average Bonchev–Trinajstić information content (AvgIpc) is 2.76. The lowest BCUT2D eigenvalue weighted by molar-refractivity contribution is -0.119. The Morgan fingerprint density at radius 1 is 1.61 bits per heavy atom. The van der Waals surface area contributed by atoms with E-state index in [1.165, 1.54) is 17.9 Å². The van der Waals surface area contributed by atoms with Crippen LogP contribution in [-0.4, -0.2) is 54.6 Å². The van der Waals surface area contributed by atoms with Gasteiger partial charge in [0.15, 0.2) is 5.83 Å². The highest BCUT2D eigenvalue weighted by molar-refractivity contribution is 5.74. The summed E-state index contributed by atoms with van der Waals surface area (Å²) in [5.74, 6) is -0.661. The van der Waals surface area contributed by atoms with E-state index in [1.54, 1.807) is 24.1 Å². The van der Waals surface area contributed by atoms with Gasteiger partial charge in [-0.15, -0.1) is 0 Å². The molecule has 124 valence electrons. The number of halogens is 1. The Hall–Kier alpha value is -2.53. The van der Waals surface area contributed by atoms with Crippen molar-refractivity contribution in [2.24, 2.45) is 0 Å². The summed E-state index contributed by atoms with van der Waals surface area (Å²) in [6.07, 6.45) is 3.46. The average molecular weight is 321 g/mol. The molecule has 1 unspecified atom stereocenters. The van der Waals surface area contributed by atoms with Gasteiger partial charge in [-0.05, 0) is 19.1 Å². The second-order valence-electron chi connectivity index (χ2n) is 5.31. The molecular formula is C16H20FN3O3. The number of hydrogen-bond acceptors (Lipinski definition) is 4. The molecule has 0 bridgehead atoms. The summed E-state index contributed by atoms with van der Waals surface area (Å²) in [5.41, 5.74) is 3.59. The van der Waals surface area contributed by atoms with E-state index in [0.717, 1.165) is 0 Å². The molecule has 7 heteroatoms. The third-order valence-corrected chi connectivity index (χ3v) is 3.60. The standard InChI is InChI=1S/C16H20FN3O3/c1-4-19(3)15-7-5-6-12(8-14(15)17)20-10-13(23-16(20)22)9-18-11(2)21/h5-6,8,13H,4,9-10H2,1-3H3,(H,18,21). The molecule has 2 aliphatic rings. The third kappa shape index (κ3) is 4.02. The largest absolute Gasteiger partial charge is 0.442 e. The molecular weight excluding hydrogens is 301 g/mol. The van der Waals surface area contributed by atoms with Crippen LogP contribution in [0, 0.1) is 0 Å². The summed E-state index contributed by atoms with van der Waals surface area (Å²) in [6, 6.07) is 0. The van der Waals surface area contributed by atoms with Gasteiger partial charge in [0.25, 0.3) is 0 Å². The lowest BCUT2D eigenvalue weighted by atomic mass is 10.2. The van der Waals surface area contributed by atoms with Gasteiger partial charge < -0.3 is 15.0 Å². The molecule has 1 atom stereocenters. The zero-order chi connectivity index (χ0) is 17.0. The number of rotatable bonds is 5. The second kappa shape index (κ2) is 7.15. The molecule has 0 aromatic carbocycles. The zero-order valence-electron chi connectivity index (χ0n) is 13.4. The van der Waals surface area contributed by atoms with Crippen molar-refractivity contribution in [2.45, 2.75) is 20.0 Å². The molecule has 0 saturated carbocycles. The van der Waals surface area contributed by atoms with Crippen molar-refractivity contribution in [1.29, 1.82) is 0 Å². The van der Waals surface area contributed by atoms with E-state index >= 15 is 0 Å². The topological polar surface area (TPSA) is 61.9 Å². The van der Waals surface area contributed by atoms with Gasteiger partial charge in [-0.1, -0.05) is 5.73 Å². The van der Waals surface area contributed by atoms with Gasteiger partial charge in [-0.2, -0.15) is 0 Å². The van der Waals surface area contributed by atoms with Gasteiger partial charge in [0.2, 0.25) is 5.91 Å². The molecule has 23 heavy (non-hydrogen) atoms. The number of nitrogens with one attached hydrogen (secondary N) is 1. The lowest BCUT2D eigenvalue weighted by Crippen LogP contribution is -2.33. The number of carbonyl (C=O) groups is 2. The monoisotopic (exact) mass is 321 g/mol. The van der Waals surface area contributed by atoms with Crippen LogP contribution in [0.3, 0.4) is 0 Å². The van der Waals surface area contributed by atoms with Gasteiger partial charge in [-0.25, -0.2) is 9.18 Å². The normalized spacial score (nSPS) is 20.3. The number of cyclic esters (lactones) is 1. The number of ether oxygens (including phenoxy) is 1. The van der Waals surface area contributed by atoms with E-state index in [0.29, 0.717) is 17.9 Å². The Balaban J connectivity index is 2.10. The Morgan fingerprint density at radius 3 is 3.00 bits per heavy atom. The lowest BCUT2D eigenvalue weighted by Gasteiger charge is -2.18. The summed E-state index contributed by atoms with van der Waals surface area (Å²) >= 11 is 0. The summed E-state index contributed by atoms with van der Waals surface area (Å²) in [4.78, 5) is 26.0. The second-order valence-corrected chi connectivity index (χ2v) is 5.31.